The number of benzene rings is 1. The van der Waals surface area contributed by atoms with Gasteiger partial charge in [-0.05, 0) is 54.8 Å². The fourth-order valence-corrected chi connectivity index (χ4v) is 2.25. The van der Waals surface area contributed by atoms with Crippen molar-refractivity contribution in [3.8, 4) is 5.75 Å². The van der Waals surface area contributed by atoms with E-state index in [0.29, 0.717) is 18.3 Å². The molecule has 1 aromatic carbocycles. The molecular formula is C17H17FN2O2. The van der Waals surface area contributed by atoms with Crippen LogP contribution >= 0.6 is 0 Å². The van der Waals surface area contributed by atoms with Gasteiger partial charge in [0.05, 0.1) is 0 Å². The largest absolute Gasteiger partial charge is 0.484 e. The molecule has 114 valence electrons. The SMILES string of the molecule is O=C(COc1ccc(F)cc1)N(Cc1ccncc1)C1CC1. The Hall–Kier alpha value is -2.43. The Kier molecular flexibility index (Phi) is 4.32. The van der Waals surface area contributed by atoms with Gasteiger partial charge in [-0.2, -0.15) is 0 Å². The van der Waals surface area contributed by atoms with Crippen LogP contribution < -0.4 is 4.74 Å². The second-order valence-corrected chi connectivity index (χ2v) is 5.35. The highest BCUT2D eigenvalue weighted by Crippen LogP contribution is 2.28. The first-order chi connectivity index (χ1) is 10.7. The number of aromatic nitrogens is 1. The van der Waals surface area contributed by atoms with Crippen LogP contribution in [0.25, 0.3) is 0 Å². The number of ether oxygens (including phenoxy) is 1. The molecular weight excluding hydrogens is 283 g/mol. The molecule has 1 aliphatic rings. The van der Waals surface area contributed by atoms with Gasteiger partial charge in [-0.3, -0.25) is 9.78 Å². The van der Waals surface area contributed by atoms with Crippen molar-refractivity contribution < 1.29 is 13.9 Å². The summed E-state index contributed by atoms with van der Waals surface area (Å²) in [6, 6.07) is 9.79. The molecule has 5 heteroatoms. The highest BCUT2D eigenvalue weighted by Gasteiger charge is 2.32. The van der Waals surface area contributed by atoms with Gasteiger partial charge < -0.3 is 9.64 Å². The van der Waals surface area contributed by atoms with E-state index in [-0.39, 0.29) is 18.3 Å². The van der Waals surface area contributed by atoms with Crippen LogP contribution in [0.2, 0.25) is 0 Å². The van der Waals surface area contributed by atoms with Crippen molar-refractivity contribution in [1.29, 1.82) is 0 Å². The maximum atomic E-state index is 12.8. The van der Waals surface area contributed by atoms with E-state index in [1.165, 1.54) is 24.3 Å². The van der Waals surface area contributed by atoms with Crippen LogP contribution in [0.3, 0.4) is 0 Å². The fourth-order valence-electron chi connectivity index (χ4n) is 2.25. The zero-order valence-electron chi connectivity index (χ0n) is 12.1. The first-order valence-electron chi connectivity index (χ1n) is 7.29. The lowest BCUT2D eigenvalue weighted by atomic mass is 10.2. The molecule has 1 saturated carbocycles. The second-order valence-electron chi connectivity index (χ2n) is 5.35. The molecule has 0 bridgehead atoms. The average molecular weight is 300 g/mol. The molecule has 22 heavy (non-hydrogen) atoms. The molecule has 0 N–H and O–H groups in total. The quantitative estimate of drug-likeness (QED) is 0.824. The van der Waals surface area contributed by atoms with E-state index in [1.807, 2.05) is 17.0 Å². The van der Waals surface area contributed by atoms with Crippen LogP contribution in [0.5, 0.6) is 5.75 Å². The van der Waals surface area contributed by atoms with E-state index in [4.69, 9.17) is 4.74 Å². The van der Waals surface area contributed by atoms with Crippen LogP contribution in [0.1, 0.15) is 18.4 Å². The number of pyridine rings is 1. The smallest absolute Gasteiger partial charge is 0.261 e. The Morgan fingerprint density at radius 2 is 1.86 bits per heavy atom. The Morgan fingerprint density at radius 3 is 2.50 bits per heavy atom. The average Bonchev–Trinajstić information content (AvgIpc) is 3.37. The number of carbonyl (C=O) groups is 1. The van der Waals surface area contributed by atoms with Gasteiger partial charge in [0, 0.05) is 25.0 Å². The molecule has 0 radical (unpaired) electrons. The van der Waals surface area contributed by atoms with Gasteiger partial charge in [0.25, 0.3) is 5.91 Å². The minimum absolute atomic E-state index is 0.0345. The molecule has 1 amide bonds. The zero-order valence-corrected chi connectivity index (χ0v) is 12.1. The van der Waals surface area contributed by atoms with E-state index in [0.717, 1.165) is 18.4 Å². The van der Waals surface area contributed by atoms with Gasteiger partial charge in [-0.1, -0.05) is 0 Å². The van der Waals surface area contributed by atoms with E-state index >= 15 is 0 Å². The van der Waals surface area contributed by atoms with Crippen molar-refractivity contribution in [3.05, 3.63) is 60.2 Å². The topological polar surface area (TPSA) is 42.4 Å². The lowest BCUT2D eigenvalue weighted by Gasteiger charge is -2.22. The molecule has 0 spiro atoms. The maximum Gasteiger partial charge on any atom is 0.261 e. The second kappa shape index (κ2) is 6.56. The molecule has 2 aromatic rings. The van der Waals surface area contributed by atoms with Crippen molar-refractivity contribution in [2.24, 2.45) is 0 Å². The van der Waals surface area contributed by atoms with Crippen LogP contribution in [0.15, 0.2) is 48.8 Å². The molecule has 0 saturated heterocycles. The predicted molar refractivity (Wildman–Crippen MR) is 79.7 cm³/mol. The summed E-state index contributed by atoms with van der Waals surface area (Å²) in [4.78, 5) is 18.2. The van der Waals surface area contributed by atoms with Crippen molar-refractivity contribution in [2.75, 3.05) is 6.61 Å². The highest BCUT2D eigenvalue weighted by atomic mass is 19.1. The summed E-state index contributed by atoms with van der Waals surface area (Å²) in [5.74, 6) is 0.119. The summed E-state index contributed by atoms with van der Waals surface area (Å²) >= 11 is 0. The summed E-state index contributed by atoms with van der Waals surface area (Å²) < 4.78 is 18.3. The fraction of sp³-hybridized carbons (Fsp3) is 0.294. The first kappa shape index (κ1) is 14.5. The Balaban J connectivity index is 1.59. The van der Waals surface area contributed by atoms with E-state index < -0.39 is 0 Å². The first-order valence-corrected chi connectivity index (χ1v) is 7.29. The summed E-state index contributed by atoms with van der Waals surface area (Å²) in [5.41, 5.74) is 1.05. The van der Waals surface area contributed by atoms with Gasteiger partial charge in [0.2, 0.25) is 0 Å². The summed E-state index contributed by atoms with van der Waals surface area (Å²) in [6.45, 7) is 0.534. The number of halogens is 1. The Bertz CT molecular complexity index is 627. The summed E-state index contributed by atoms with van der Waals surface area (Å²) in [7, 11) is 0. The number of hydrogen-bond acceptors (Lipinski definition) is 3. The maximum absolute atomic E-state index is 12.8. The van der Waals surface area contributed by atoms with Gasteiger partial charge in [0.1, 0.15) is 11.6 Å². The summed E-state index contributed by atoms with van der Waals surface area (Å²) in [6.07, 6.45) is 5.51. The number of amides is 1. The normalized spacial score (nSPS) is 13.7. The predicted octanol–water partition coefficient (Wildman–Crippen LogP) is 2.79. The molecule has 3 rings (SSSR count). The number of rotatable bonds is 6. The van der Waals surface area contributed by atoms with E-state index in [2.05, 4.69) is 4.98 Å². The molecule has 1 aromatic heterocycles. The molecule has 1 aliphatic carbocycles. The monoisotopic (exact) mass is 300 g/mol. The minimum Gasteiger partial charge on any atom is -0.484 e. The van der Waals surface area contributed by atoms with Crippen LogP contribution in [-0.4, -0.2) is 28.4 Å². The summed E-state index contributed by atoms with van der Waals surface area (Å²) in [5, 5.41) is 0. The van der Waals surface area contributed by atoms with Crippen LogP contribution in [0.4, 0.5) is 4.39 Å². The number of hydrogen-bond donors (Lipinski definition) is 0. The van der Waals surface area contributed by atoms with Gasteiger partial charge in [0.15, 0.2) is 6.61 Å². The number of nitrogens with zero attached hydrogens (tertiary/aromatic N) is 2. The molecule has 1 fully saturated rings. The standard InChI is InChI=1S/C17H17FN2O2/c18-14-1-5-16(6-2-14)22-12-17(21)20(15-3-4-15)11-13-7-9-19-10-8-13/h1-2,5-10,15H,3-4,11-12H2. The third-order valence-corrected chi connectivity index (χ3v) is 3.59. The lowest BCUT2D eigenvalue weighted by molar-refractivity contribution is -0.134. The molecule has 4 nitrogen and oxygen atoms in total. The molecule has 0 unspecified atom stereocenters. The zero-order chi connectivity index (χ0) is 15.4. The lowest BCUT2D eigenvalue weighted by Crippen LogP contribution is -2.36. The van der Waals surface area contributed by atoms with E-state index in [9.17, 15) is 9.18 Å². The Labute approximate surface area is 128 Å². The highest BCUT2D eigenvalue weighted by molar-refractivity contribution is 5.78. The van der Waals surface area contributed by atoms with Crippen molar-refractivity contribution in [1.82, 2.24) is 9.88 Å². The third-order valence-electron chi connectivity index (χ3n) is 3.59. The minimum atomic E-state index is -0.323. The number of carbonyl (C=O) groups excluding carboxylic acids is 1. The van der Waals surface area contributed by atoms with Crippen molar-refractivity contribution in [2.45, 2.75) is 25.4 Å². The van der Waals surface area contributed by atoms with Gasteiger partial charge in [-0.25, -0.2) is 4.39 Å². The Morgan fingerprint density at radius 1 is 1.18 bits per heavy atom. The van der Waals surface area contributed by atoms with Crippen LogP contribution in [-0.2, 0) is 11.3 Å². The molecule has 0 atom stereocenters. The van der Waals surface area contributed by atoms with Gasteiger partial charge >= 0.3 is 0 Å². The van der Waals surface area contributed by atoms with Gasteiger partial charge in [-0.15, -0.1) is 0 Å². The van der Waals surface area contributed by atoms with Crippen molar-refractivity contribution >= 4 is 5.91 Å². The van der Waals surface area contributed by atoms with Crippen molar-refractivity contribution in [3.63, 3.8) is 0 Å². The molecule has 1 heterocycles. The third kappa shape index (κ3) is 3.81. The van der Waals surface area contributed by atoms with E-state index in [1.54, 1.807) is 12.4 Å². The molecule has 0 aliphatic heterocycles. The van der Waals surface area contributed by atoms with Crippen LogP contribution in [0, 0.1) is 5.82 Å².